The average Bonchev–Trinajstić information content (AvgIpc) is 3.57. The van der Waals surface area contributed by atoms with Crippen molar-refractivity contribution in [3.63, 3.8) is 0 Å². The number of rotatable bonds is 1. The van der Waals surface area contributed by atoms with Crippen LogP contribution in [0.4, 0.5) is 0 Å². The van der Waals surface area contributed by atoms with Gasteiger partial charge >= 0.3 is 0 Å². The number of para-hydroxylation sites is 6. The number of nitrogens with zero attached hydrogens (tertiary/aromatic N) is 6. The topological polar surface area (TPSA) is 44.5 Å². The standard InChI is InChI=1S/C26H15IN6/c27-33-23-14-13-16(15-24(23)32-20-10-4-2-8-18(20)29-26(32)33)30-21-11-5-6-12-22(21)31-19-9-3-1-7-17(19)28-25(30)31/h1-15H. The van der Waals surface area contributed by atoms with Gasteiger partial charge in [0.15, 0.2) is 0 Å². The first kappa shape index (κ1) is 17.7. The number of hydrogen-bond acceptors (Lipinski definition) is 2. The van der Waals surface area contributed by atoms with Gasteiger partial charge < -0.3 is 0 Å². The minimum absolute atomic E-state index is 0.914. The van der Waals surface area contributed by atoms with E-state index in [1.165, 1.54) is 0 Å². The van der Waals surface area contributed by atoms with Gasteiger partial charge in [-0.05, 0) is 54.6 Å². The van der Waals surface area contributed by atoms with Crippen LogP contribution in [0, 0.1) is 0 Å². The van der Waals surface area contributed by atoms with Crippen molar-refractivity contribution in [2.24, 2.45) is 0 Å². The molecule has 0 atom stereocenters. The highest BCUT2D eigenvalue weighted by atomic mass is 127. The second-order valence-corrected chi connectivity index (χ2v) is 9.21. The summed E-state index contributed by atoms with van der Waals surface area (Å²) in [5, 5.41) is 0. The molecule has 0 fully saturated rings. The van der Waals surface area contributed by atoms with E-state index >= 15 is 0 Å². The third-order valence-electron chi connectivity index (χ3n) is 6.49. The van der Waals surface area contributed by atoms with Crippen LogP contribution in [0.2, 0.25) is 0 Å². The van der Waals surface area contributed by atoms with Gasteiger partial charge in [-0.15, -0.1) is 0 Å². The van der Waals surface area contributed by atoms with E-state index in [0.29, 0.717) is 0 Å². The first-order valence-electron chi connectivity index (χ1n) is 10.7. The average molecular weight is 538 g/mol. The van der Waals surface area contributed by atoms with Crippen molar-refractivity contribution in [1.29, 1.82) is 0 Å². The number of fused-ring (bicyclic) bond motifs is 10. The van der Waals surface area contributed by atoms with Gasteiger partial charge in [-0.25, -0.2) is 12.7 Å². The largest absolute Gasteiger partial charge is 0.278 e. The first-order valence-corrected chi connectivity index (χ1v) is 11.7. The quantitative estimate of drug-likeness (QED) is 0.228. The van der Waals surface area contributed by atoms with Crippen molar-refractivity contribution in [2.75, 3.05) is 0 Å². The van der Waals surface area contributed by atoms with Crippen LogP contribution in [0.25, 0.3) is 61.4 Å². The van der Waals surface area contributed by atoms with Crippen LogP contribution in [-0.2, 0) is 0 Å². The van der Waals surface area contributed by atoms with Crippen LogP contribution >= 0.6 is 22.9 Å². The molecule has 0 saturated carbocycles. The highest BCUT2D eigenvalue weighted by Crippen LogP contribution is 2.33. The van der Waals surface area contributed by atoms with Crippen LogP contribution in [-0.4, -0.2) is 26.1 Å². The third-order valence-corrected chi connectivity index (χ3v) is 7.45. The molecule has 0 unspecified atom stereocenters. The van der Waals surface area contributed by atoms with Gasteiger partial charge in [0.25, 0.3) is 0 Å². The lowest BCUT2D eigenvalue weighted by atomic mass is 10.2. The second-order valence-electron chi connectivity index (χ2n) is 8.25. The van der Waals surface area contributed by atoms with E-state index in [1.54, 1.807) is 0 Å². The van der Waals surface area contributed by atoms with Crippen molar-refractivity contribution in [3.05, 3.63) is 91.0 Å². The van der Waals surface area contributed by atoms with Crippen LogP contribution < -0.4 is 0 Å². The molecule has 8 aromatic rings. The summed E-state index contributed by atoms with van der Waals surface area (Å²) in [5.74, 6) is 1.84. The summed E-state index contributed by atoms with van der Waals surface area (Å²) in [6, 6.07) is 31.7. The molecule has 4 heterocycles. The zero-order valence-electron chi connectivity index (χ0n) is 17.2. The Morgan fingerprint density at radius 3 is 1.82 bits per heavy atom. The van der Waals surface area contributed by atoms with E-state index in [1.807, 2.05) is 12.1 Å². The van der Waals surface area contributed by atoms with Gasteiger partial charge in [-0.2, -0.15) is 0 Å². The van der Waals surface area contributed by atoms with Gasteiger partial charge in [0.2, 0.25) is 11.6 Å². The molecule has 0 aliphatic heterocycles. The number of aromatic nitrogens is 6. The molecule has 0 bridgehead atoms. The van der Waals surface area contributed by atoms with Crippen molar-refractivity contribution in [2.45, 2.75) is 0 Å². The Balaban J connectivity index is 1.54. The lowest BCUT2D eigenvalue weighted by molar-refractivity contribution is 1.11. The fourth-order valence-corrected chi connectivity index (χ4v) is 5.82. The molecule has 6 nitrogen and oxygen atoms in total. The molecule has 0 radical (unpaired) electrons. The normalized spacial score (nSPS) is 12.4. The fourth-order valence-electron chi connectivity index (χ4n) is 5.09. The molecule has 7 heteroatoms. The molecule has 0 N–H and O–H groups in total. The Morgan fingerprint density at radius 2 is 1.09 bits per heavy atom. The highest BCUT2D eigenvalue weighted by Gasteiger charge is 2.19. The van der Waals surface area contributed by atoms with Gasteiger partial charge in [-0.1, -0.05) is 36.4 Å². The lowest BCUT2D eigenvalue weighted by Gasteiger charge is -2.06. The van der Waals surface area contributed by atoms with Gasteiger partial charge in [0.05, 0.1) is 72.7 Å². The van der Waals surface area contributed by atoms with Crippen molar-refractivity contribution in [3.8, 4) is 5.69 Å². The monoisotopic (exact) mass is 538 g/mol. The predicted octanol–water partition coefficient (Wildman–Crippen LogP) is 6.39. The number of benzene rings is 4. The summed E-state index contributed by atoms with van der Waals surface area (Å²) < 4.78 is 8.88. The molecule has 8 rings (SSSR count). The fraction of sp³-hybridized carbons (Fsp3) is 0. The summed E-state index contributed by atoms with van der Waals surface area (Å²) in [6.45, 7) is 0. The second kappa shape index (κ2) is 6.14. The van der Waals surface area contributed by atoms with E-state index in [9.17, 15) is 0 Å². The Bertz CT molecular complexity index is 2050. The van der Waals surface area contributed by atoms with E-state index in [0.717, 1.165) is 61.4 Å². The Labute approximate surface area is 200 Å². The molecule has 4 aromatic heterocycles. The smallest absolute Gasteiger partial charge is 0.225 e. The van der Waals surface area contributed by atoms with Crippen LogP contribution in [0.5, 0.6) is 0 Å². The number of imidazole rings is 4. The summed E-state index contributed by atoms with van der Waals surface area (Å²) in [5.41, 5.74) is 9.82. The SMILES string of the molecule is In1c2ccc(-n3c4ccccc4n4c5ccccc5nc34)cc2n2c3ccccc3nc12. The lowest BCUT2D eigenvalue weighted by Crippen LogP contribution is -1.95. The summed E-state index contributed by atoms with van der Waals surface area (Å²) in [6.07, 6.45) is 0. The third kappa shape index (κ3) is 2.17. The van der Waals surface area contributed by atoms with Gasteiger partial charge in [0.1, 0.15) is 0 Å². The molecular formula is C26H15IN6. The van der Waals surface area contributed by atoms with Crippen molar-refractivity contribution < 1.29 is 0 Å². The van der Waals surface area contributed by atoms with Crippen molar-refractivity contribution in [1.82, 2.24) is 26.1 Å². The van der Waals surface area contributed by atoms with E-state index in [2.05, 4.69) is 118 Å². The number of halogens is 1. The molecule has 0 amide bonds. The predicted molar refractivity (Wildman–Crippen MR) is 141 cm³/mol. The van der Waals surface area contributed by atoms with E-state index < -0.39 is 0 Å². The molecule has 0 aliphatic rings. The Morgan fingerprint density at radius 1 is 0.515 bits per heavy atom. The Kier molecular flexibility index (Phi) is 3.29. The maximum absolute atomic E-state index is 5.02. The number of hydrogen-bond donors (Lipinski definition) is 0. The van der Waals surface area contributed by atoms with Crippen molar-refractivity contribution >= 4 is 78.6 Å². The molecule has 4 aromatic carbocycles. The molecule has 156 valence electrons. The maximum Gasteiger partial charge on any atom is 0.225 e. The van der Waals surface area contributed by atoms with E-state index in [-0.39, 0.29) is 0 Å². The van der Waals surface area contributed by atoms with Crippen LogP contribution in [0.3, 0.4) is 0 Å². The highest BCUT2D eigenvalue weighted by molar-refractivity contribution is 14.1. The van der Waals surface area contributed by atoms with Crippen LogP contribution in [0.15, 0.2) is 91.0 Å². The molecular weight excluding hydrogens is 523 g/mol. The molecule has 0 aliphatic carbocycles. The molecule has 33 heavy (non-hydrogen) atoms. The zero-order valence-corrected chi connectivity index (χ0v) is 19.4. The molecule has 0 saturated heterocycles. The maximum atomic E-state index is 5.02. The zero-order chi connectivity index (χ0) is 21.7. The van der Waals surface area contributed by atoms with E-state index in [4.69, 9.17) is 9.97 Å². The minimum Gasteiger partial charge on any atom is -0.278 e. The van der Waals surface area contributed by atoms with Gasteiger partial charge in [0, 0.05) is 0 Å². The summed E-state index contributed by atoms with van der Waals surface area (Å²) in [4.78, 5) is 9.88. The Hall–Kier alpha value is -3.85. The van der Waals surface area contributed by atoms with Gasteiger partial charge in [-0.3, -0.25) is 13.4 Å². The minimum atomic E-state index is 0.914. The molecule has 0 spiro atoms. The summed E-state index contributed by atoms with van der Waals surface area (Å²) >= 11 is 2.34. The summed E-state index contributed by atoms with van der Waals surface area (Å²) in [7, 11) is 0. The first-order chi connectivity index (χ1) is 16.3. The van der Waals surface area contributed by atoms with Crippen LogP contribution in [0.1, 0.15) is 0 Å².